The summed E-state index contributed by atoms with van der Waals surface area (Å²) in [4.78, 5) is 22.3. The number of piperazine rings is 1. The van der Waals surface area contributed by atoms with Gasteiger partial charge in [-0.15, -0.1) is 11.3 Å². The molecule has 1 aromatic carbocycles. The Kier molecular flexibility index (Phi) is 6.44. The number of carbonyl (C=O) groups excluding carboxylic acids is 1. The van der Waals surface area contributed by atoms with Gasteiger partial charge in [0.25, 0.3) is 5.91 Å². The first-order chi connectivity index (χ1) is 13.0. The van der Waals surface area contributed by atoms with E-state index < -0.39 is 0 Å². The largest absolute Gasteiger partial charge is 0.496 e. The number of amides is 1. The van der Waals surface area contributed by atoms with Crippen molar-refractivity contribution in [2.24, 2.45) is 0 Å². The predicted molar refractivity (Wildman–Crippen MR) is 105 cm³/mol. The number of carbonyl (C=O) groups is 1. The van der Waals surface area contributed by atoms with Crippen LogP contribution in [0.2, 0.25) is 0 Å². The third kappa shape index (κ3) is 4.65. The van der Waals surface area contributed by atoms with Gasteiger partial charge >= 0.3 is 0 Å². The molecule has 2 aromatic rings. The molecule has 0 saturated carbocycles. The molecule has 0 spiro atoms. The molecule has 0 atom stereocenters. The van der Waals surface area contributed by atoms with Crippen LogP contribution in [0, 0.1) is 12.7 Å². The molecular weight excluding hydrogens is 365 g/mol. The molecular formula is C20H26FN3O2S. The molecule has 1 aromatic heterocycles. The fourth-order valence-corrected chi connectivity index (χ4v) is 4.47. The second-order valence-corrected chi connectivity index (χ2v) is 7.88. The summed E-state index contributed by atoms with van der Waals surface area (Å²) in [6.07, 6.45) is 1.95. The second kappa shape index (κ2) is 8.80. The Hall–Kier alpha value is -1.99. The molecule has 7 heteroatoms. The van der Waals surface area contributed by atoms with Gasteiger partial charge < -0.3 is 9.64 Å². The van der Waals surface area contributed by atoms with E-state index in [1.165, 1.54) is 23.5 Å². The first kappa shape index (κ1) is 19.8. The minimum absolute atomic E-state index is 0.0790. The topological polar surface area (TPSA) is 45.7 Å². The van der Waals surface area contributed by atoms with E-state index in [2.05, 4.69) is 16.8 Å². The van der Waals surface area contributed by atoms with Gasteiger partial charge in [0.05, 0.1) is 17.8 Å². The molecule has 0 N–H and O–H groups in total. The fraction of sp³-hybridized carbons (Fsp3) is 0.500. The van der Waals surface area contributed by atoms with Crippen molar-refractivity contribution in [3.63, 3.8) is 0 Å². The second-order valence-electron chi connectivity index (χ2n) is 6.80. The number of hydrogen-bond donors (Lipinski definition) is 0. The zero-order valence-electron chi connectivity index (χ0n) is 16.1. The minimum atomic E-state index is -0.261. The molecule has 0 bridgehead atoms. The van der Waals surface area contributed by atoms with E-state index in [0.29, 0.717) is 25.4 Å². The number of methoxy groups -OCH3 is 1. The number of rotatable bonds is 6. The highest BCUT2D eigenvalue weighted by Crippen LogP contribution is 2.24. The van der Waals surface area contributed by atoms with Crippen molar-refractivity contribution in [3.05, 3.63) is 45.2 Å². The third-order valence-corrected chi connectivity index (χ3v) is 6.00. The number of aromatic nitrogens is 1. The average Bonchev–Trinajstić information content (AvgIpc) is 3.02. The van der Waals surface area contributed by atoms with E-state index in [-0.39, 0.29) is 11.7 Å². The molecule has 0 aliphatic carbocycles. The highest BCUT2D eigenvalue weighted by Gasteiger charge is 2.25. The molecule has 2 heterocycles. The maximum absolute atomic E-state index is 13.6. The van der Waals surface area contributed by atoms with Crippen LogP contribution < -0.4 is 4.74 Å². The maximum atomic E-state index is 13.6. The van der Waals surface area contributed by atoms with Crippen molar-refractivity contribution in [3.8, 4) is 5.75 Å². The molecule has 1 aliphatic rings. The lowest BCUT2D eigenvalue weighted by Gasteiger charge is -2.34. The van der Waals surface area contributed by atoms with Crippen molar-refractivity contribution >= 4 is 17.2 Å². The zero-order chi connectivity index (χ0) is 19.4. The molecule has 1 aliphatic heterocycles. The van der Waals surface area contributed by atoms with Gasteiger partial charge in [0.1, 0.15) is 16.4 Å². The van der Waals surface area contributed by atoms with Crippen LogP contribution in [-0.4, -0.2) is 54.0 Å². The lowest BCUT2D eigenvalue weighted by Crippen LogP contribution is -2.48. The molecule has 1 saturated heterocycles. The van der Waals surface area contributed by atoms with Crippen molar-refractivity contribution < 1.29 is 13.9 Å². The van der Waals surface area contributed by atoms with Gasteiger partial charge in [0, 0.05) is 38.3 Å². The van der Waals surface area contributed by atoms with Gasteiger partial charge in [-0.1, -0.05) is 6.92 Å². The number of nitrogens with zero attached hydrogens (tertiary/aromatic N) is 3. The third-order valence-electron chi connectivity index (χ3n) is 4.79. The standard InChI is InChI=1S/C20H26FN3O2S/c1-4-5-18-22-14(2)19(27-18)20(25)24-10-8-23(9-11-24)13-15-12-16(21)6-7-17(15)26-3/h6-7,12H,4-5,8-11,13H2,1-3H3. The monoisotopic (exact) mass is 391 g/mol. The summed E-state index contributed by atoms with van der Waals surface area (Å²) in [7, 11) is 1.59. The minimum Gasteiger partial charge on any atom is -0.496 e. The summed E-state index contributed by atoms with van der Waals surface area (Å²) in [6.45, 7) is 7.48. The van der Waals surface area contributed by atoms with Crippen molar-refractivity contribution in [1.82, 2.24) is 14.8 Å². The van der Waals surface area contributed by atoms with Crippen LogP contribution in [0.3, 0.4) is 0 Å². The van der Waals surface area contributed by atoms with E-state index in [1.807, 2.05) is 11.8 Å². The molecule has 146 valence electrons. The van der Waals surface area contributed by atoms with E-state index in [0.717, 1.165) is 47.1 Å². The summed E-state index contributed by atoms with van der Waals surface area (Å²) in [5, 5.41) is 1.04. The number of ether oxygens (including phenoxy) is 1. The predicted octanol–water partition coefficient (Wildman–Crippen LogP) is 3.51. The van der Waals surface area contributed by atoms with Gasteiger partial charge in [-0.05, 0) is 38.0 Å². The van der Waals surface area contributed by atoms with Gasteiger partial charge in [-0.25, -0.2) is 9.37 Å². The molecule has 1 amide bonds. The number of thiazole rings is 1. The van der Waals surface area contributed by atoms with E-state index in [9.17, 15) is 9.18 Å². The van der Waals surface area contributed by atoms with Crippen LogP contribution in [0.15, 0.2) is 18.2 Å². The molecule has 3 rings (SSSR count). The Morgan fingerprint density at radius 3 is 2.70 bits per heavy atom. The highest BCUT2D eigenvalue weighted by atomic mass is 32.1. The first-order valence-corrected chi connectivity index (χ1v) is 10.1. The summed E-state index contributed by atoms with van der Waals surface area (Å²) in [5.41, 5.74) is 1.67. The van der Waals surface area contributed by atoms with Crippen LogP contribution in [0.1, 0.15) is 39.3 Å². The Labute approximate surface area is 163 Å². The summed E-state index contributed by atoms with van der Waals surface area (Å²) in [6, 6.07) is 4.58. The lowest BCUT2D eigenvalue weighted by molar-refractivity contribution is 0.0631. The van der Waals surface area contributed by atoms with Gasteiger partial charge in [-0.2, -0.15) is 0 Å². The number of halogens is 1. The Balaban J connectivity index is 1.60. The summed E-state index contributed by atoms with van der Waals surface area (Å²) < 4.78 is 18.9. The van der Waals surface area contributed by atoms with Crippen molar-refractivity contribution in [2.75, 3.05) is 33.3 Å². The quantitative estimate of drug-likeness (QED) is 0.756. The van der Waals surface area contributed by atoms with Crippen molar-refractivity contribution in [1.29, 1.82) is 0 Å². The fourth-order valence-electron chi connectivity index (χ4n) is 3.34. The summed E-state index contributed by atoms with van der Waals surface area (Å²) >= 11 is 1.52. The zero-order valence-corrected chi connectivity index (χ0v) is 16.9. The van der Waals surface area contributed by atoms with Gasteiger partial charge in [0.2, 0.25) is 0 Å². The van der Waals surface area contributed by atoms with Crippen LogP contribution in [0.5, 0.6) is 5.75 Å². The SMILES string of the molecule is CCCc1nc(C)c(C(=O)N2CCN(Cc3cc(F)ccc3OC)CC2)s1. The highest BCUT2D eigenvalue weighted by molar-refractivity contribution is 7.13. The Morgan fingerprint density at radius 2 is 2.04 bits per heavy atom. The average molecular weight is 392 g/mol. The number of hydrogen-bond acceptors (Lipinski definition) is 5. The molecule has 0 radical (unpaired) electrons. The summed E-state index contributed by atoms with van der Waals surface area (Å²) in [5.74, 6) is 0.511. The number of benzene rings is 1. The Bertz CT molecular complexity index is 801. The first-order valence-electron chi connectivity index (χ1n) is 9.32. The number of aryl methyl sites for hydroxylation is 2. The normalized spacial score (nSPS) is 15.2. The van der Waals surface area contributed by atoms with Gasteiger partial charge in [-0.3, -0.25) is 9.69 Å². The van der Waals surface area contributed by atoms with Crippen LogP contribution in [-0.2, 0) is 13.0 Å². The lowest BCUT2D eigenvalue weighted by atomic mass is 10.1. The molecule has 5 nitrogen and oxygen atoms in total. The molecule has 1 fully saturated rings. The van der Waals surface area contributed by atoms with Crippen LogP contribution in [0.25, 0.3) is 0 Å². The van der Waals surface area contributed by atoms with E-state index in [4.69, 9.17) is 4.74 Å². The molecule has 0 unspecified atom stereocenters. The van der Waals surface area contributed by atoms with Crippen molar-refractivity contribution in [2.45, 2.75) is 33.2 Å². The Morgan fingerprint density at radius 1 is 1.30 bits per heavy atom. The van der Waals surface area contributed by atoms with Crippen LogP contribution in [0.4, 0.5) is 4.39 Å². The van der Waals surface area contributed by atoms with E-state index in [1.54, 1.807) is 13.2 Å². The molecule has 27 heavy (non-hydrogen) atoms. The smallest absolute Gasteiger partial charge is 0.265 e. The van der Waals surface area contributed by atoms with Crippen LogP contribution >= 0.6 is 11.3 Å². The maximum Gasteiger partial charge on any atom is 0.265 e. The van der Waals surface area contributed by atoms with E-state index >= 15 is 0 Å². The van der Waals surface area contributed by atoms with Gasteiger partial charge in [0.15, 0.2) is 0 Å².